The fraction of sp³-hybridized carbons (Fsp3) is 0.182. The van der Waals surface area contributed by atoms with E-state index in [0.29, 0.717) is 18.0 Å². The molecule has 0 fully saturated rings. The zero-order chi connectivity index (χ0) is 19.1. The summed E-state index contributed by atoms with van der Waals surface area (Å²) in [5.41, 5.74) is 2.21. The molecule has 27 heavy (non-hydrogen) atoms. The van der Waals surface area contributed by atoms with Gasteiger partial charge in [-0.2, -0.15) is 0 Å². The molecule has 5 heteroatoms. The summed E-state index contributed by atoms with van der Waals surface area (Å²) in [6.45, 7) is 2.54. The summed E-state index contributed by atoms with van der Waals surface area (Å²) < 4.78 is 11.4. The summed E-state index contributed by atoms with van der Waals surface area (Å²) in [7, 11) is 1.75. The van der Waals surface area contributed by atoms with Crippen LogP contribution in [0.15, 0.2) is 73.1 Å². The van der Waals surface area contributed by atoms with Gasteiger partial charge in [-0.1, -0.05) is 17.7 Å². The van der Waals surface area contributed by atoms with E-state index in [2.05, 4.69) is 4.98 Å². The average molecular weight is 362 g/mol. The summed E-state index contributed by atoms with van der Waals surface area (Å²) in [6, 6.07) is 18.9. The molecule has 1 heterocycles. The first-order chi connectivity index (χ1) is 13.1. The highest BCUT2D eigenvalue weighted by Gasteiger charge is 2.10. The van der Waals surface area contributed by atoms with E-state index in [1.54, 1.807) is 36.5 Å². The molecule has 3 aromatic rings. The number of hydrogen-bond donors (Lipinski definition) is 0. The van der Waals surface area contributed by atoms with E-state index in [4.69, 9.17) is 9.47 Å². The number of pyridine rings is 1. The second kappa shape index (κ2) is 8.85. The van der Waals surface area contributed by atoms with Crippen LogP contribution in [0.4, 0.5) is 0 Å². The lowest BCUT2D eigenvalue weighted by Crippen LogP contribution is -2.30. The van der Waals surface area contributed by atoms with Gasteiger partial charge in [0.05, 0.1) is 0 Å². The third kappa shape index (κ3) is 5.57. The number of rotatable bonds is 7. The Balaban J connectivity index is 1.49. The Kier molecular flexibility index (Phi) is 6.05. The zero-order valence-electron chi connectivity index (χ0n) is 15.5. The van der Waals surface area contributed by atoms with Crippen molar-refractivity contribution in [2.24, 2.45) is 0 Å². The lowest BCUT2D eigenvalue weighted by molar-refractivity contribution is -0.132. The number of likely N-dealkylation sites (N-methyl/N-ethyl adjacent to an activating group) is 1. The third-order valence-corrected chi connectivity index (χ3v) is 4.04. The number of carbonyl (C=O) groups is 1. The van der Waals surface area contributed by atoms with E-state index in [1.165, 1.54) is 5.56 Å². The maximum atomic E-state index is 12.2. The van der Waals surface area contributed by atoms with Crippen LogP contribution < -0.4 is 9.47 Å². The molecular weight excluding hydrogens is 340 g/mol. The molecule has 0 unspecified atom stereocenters. The standard InChI is InChI=1S/C22H22N2O3/c1-17-3-5-20(6-4-17)27-21-9-7-19(8-10-21)26-16-22(25)24(2)15-18-11-13-23-14-12-18/h3-14H,15-16H2,1-2H3. The minimum absolute atomic E-state index is 0.0141. The fourth-order valence-corrected chi connectivity index (χ4v) is 2.45. The highest BCUT2D eigenvalue weighted by Crippen LogP contribution is 2.24. The molecular formula is C22H22N2O3. The molecule has 0 bridgehead atoms. The molecule has 0 radical (unpaired) electrons. The number of carbonyl (C=O) groups excluding carboxylic acids is 1. The summed E-state index contributed by atoms with van der Waals surface area (Å²) in [5, 5.41) is 0. The van der Waals surface area contributed by atoms with Gasteiger partial charge in [-0.3, -0.25) is 9.78 Å². The van der Waals surface area contributed by atoms with E-state index in [9.17, 15) is 4.79 Å². The molecule has 138 valence electrons. The van der Waals surface area contributed by atoms with Crippen LogP contribution in [0, 0.1) is 6.92 Å². The van der Waals surface area contributed by atoms with Gasteiger partial charge < -0.3 is 14.4 Å². The number of aryl methyl sites for hydroxylation is 1. The van der Waals surface area contributed by atoms with E-state index >= 15 is 0 Å². The van der Waals surface area contributed by atoms with Crippen molar-refractivity contribution in [3.05, 3.63) is 84.2 Å². The molecule has 1 amide bonds. The van der Waals surface area contributed by atoms with Gasteiger partial charge in [0.2, 0.25) is 0 Å². The molecule has 0 spiro atoms. The van der Waals surface area contributed by atoms with Crippen molar-refractivity contribution in [1.82, 2.24) is 9.88 Å². The summed E-state index contributed by atoms with van der Waals surface area (Å²) in [5.74, 6) is 2.03. The number of aromatic nitrogens is 1. The van der Waals surface area contributed by atoms with Crippen LogP contribution in [0.25, 0.3) is 0 Å². The average Bonchev–Trinajstić information content (AvgIpc) is 2.69. The summed E-state index contributed by atoms with van der Waals surface area (Å²) in [4.78, 5) is 17.8. The number of ether oxygens (including phenoxy) is 2. The first-order valence-electron chi connectivity index (χ1n) is 8.70. The van der Waals surface area contributed by atoms with Crippen molar-refractivity contribution in [2.75, 3.05) is 13.7 Å². The highest BCUT2D eigenvalue weighted by atomic mass is 16.5. The SMILES string of the molecule is Cc1ccc(Oc2ccc(OCC(=O)N(C)Cc3ccncc3)cc2)cc1. The van der Waals surface area contributed by atoms with Crippen LogP contribution >= 0.6 is 0 Å². The first-order valence-corrected chi connectivity index (χ1v) is 8.70. The second-order valence-electron chi connectivity index (χ2n) is 6.28. The van der Waals surface area contributed by atoms with Gasteiger partial charge in [-0.05, 0) is 61.0 Å². The number of benzene rings is 2. The minimum atomic E-state index is -0.0909. The number of nitrogens with zero attached hydrogens (tertiary/aromatic N) is 2. The molecule has 2 aromatic carbocycles. The topological polar surface area (TPSA) is 51.7 Å². The van der Waals surface area contributed by atoms with Gasteiger partial charge in [0.1, 0.15) is 17.2 Å². The molecule has 0 aliphatic carbocycles. The molecule has 0 N–H and O–H groups in total. The molecule has 0 saturated heterocycles. The third-order valence-electron chi connectivity index (χ3n) is 4.04. The molecule has 3 rings (SSSR count). The second-order valence-corrected chi connectivity index (χ2v) is 6.28. The van der Waals surface area contributed by atoms with Crippen LogP contribution in [-0.4, -0.2) is 29.4 Å². The molecule has 0 atom stereocenters. The van der Waals surface area contributed by atoms with Crippen molar-refractivity contribution in [2.45, 2.75) is 13.5 Å². The van der Waals surface area contributed by atoms with Crippen LogP contribution in [-0.2, 0) is 11.3 Å². The maximum Gasteiger partial charge on any atom is 0.260 e. The van der Waals surface area contributed by atoms with Crippen LogP contribution in [0.3, 0.4) is 0 Å². The number of hydrogen-bond acceptors (Lipinski definition) is 4. The molecule has 0 aliphatic rings. The van der Waals surface area contributed by atoms with Crippen molar-refractivity contribution in [1.29, 1.82) is 0 Å². The quantitative estimate of drug-likeness (QED) is 0.631. The lowest BCUT2D eigenvalue weighted by atomic mass is 10.2. The van der Waals surface area contributed by atoms with Gasteiger partial charge in [-0.25, -0.2) is 0 Å². The Morgan fingerprint density at radius 2 is 1.44 bits per heavy atom. The Morgan fingerprint density at radius 3 is 2.07 bits per heavy atom. The van der Waals surface area contributed by atoms with E-state index in [-0.39, 0.29) is 12.5 Å². The molecule has 0 saturated carbocycles. The lowest BCUT2D eigenvalue weighted by Gasteiger charge is -2.17. The monoisotopic (exact) mass is 362 g/mol. The van der Waals surface area contributed by atoms with Crippen LogP contribution in [0.5, 0.6) is 17.2 Å². The maximum absolute atomic E-state index is 12.2. The smallest absolute Gasteiger partial charge is 0.260 e. The highest BCUT2D eigenvalue weighted by molar-refractivity contribution is 5.77. The van der Waals surface area contributed by atoms with E-state index < -0.39 is 0 Å². The van der Waals surface area contributed by atoms with Crippen LogP contribution in [0.2, 0.25) is 0 Å². The van der Waals surface area contributed by atoms with Crippen molar-refractivity contribution >= 4 is 5.91 Å². The summed E-state index contributed by atoms with van der Waals surface area (Å²) >= 11 is 0. The largest absolute Gasteiger partial charge is 0.484 e. The minimum Gasteiger partial charge on any atom is -0.484 e. The van der Waals surface area contributed by atoms with E-state index in [1.807, 2.05) is 55.5 Å². The molecule has 0 aliphatic heterocycles. The van der Waals surface area contributed by atoms with Gasteiger partial charge in [0, 0.05) is 26.0 Å². The Hall–Kier alpha value is -3.34. The van der Waals surface area contributed by atoms with E-state index in [0.717, 1.165) is 11.3 Å². The van der Waals surface area contributed by atoms with Gasteiger partial charge >= 0.3 is 0 Å². The Morgan fingerprint density at radius 1 is 0.889 bits per heavy atom. The van der Waals surface area contributed by atoms with Crippen LogP contribution in [0.1, 0.15) is 11.1 Å². The van der Waals surface area contributed by atoms with Crippen molar-refractivity contribution < 1.29 is 14.3 Å². The Bertz CT molecular complexity index is 862. The Labute approximate surface area is 159 Å². The first kappa shape index (κ1) is 18.5. The number of amides is 1. The van der Waals surface area contributed by atoms with Gasteiger partial charge in [-0.15, -0.1) is 0 Å². The molecule has 1 aromatic heterocycles. The summed E-state index contributed by atoms with van der Waals surface area (Å²) in [6.07, 6.45) is 3.43. The van der Waals surface area contributed by atoms with Crippen molar-refractivity contribution in [3.8, 4) is 17.2 Å². The predicted octanol–water partition coefficient (Wildman–Crippen LogP) is 4.22. The van der Waals surface area contributed by atoms with Crippen molar-refractivity contribution in [3.63, 3.8) is 0 Å². The van der Waals surface area contributed by atoms with Gasteiger partial charge in [0.15, 0.2) is 6.61 Å². The fourth-order valence-electron chi connectivity index (χ4n) is 2.45. The zero-order valence-corrected chi connectivity index (χ0v) is 15.5. The predicted molar refractivity (Wildman–Crippen MR) is 104 cm³/mol. The van der Waals surface area contributed by atoms with Gasteiger partial charge in [0.25, 0.3) is 5.91 Å². The molecule has 5 nitrogen and oxygen atoms in total. The normalized spacial score (nSPS) is 10.3.